The van der Waals surface area contributed by atoms with E-state index in [2.05, 4.69) is 17.5 Å². The van der Waals surface area contributed by atoms with E-state index < -0.39 is 0 Å². The van der Waals surface area contributed by atoms with E-state index in [1.54, 1.807) is 11.3 Å². The van der Waals surface area contributed by atoms with Gasteiger partial charge < -0.3 is 5.73 Å². The minimum atomic E-state index is 0.605. The smallest absolute Gasteiger partial charge is 0.133 e. The second kappa shape index (κ2) is 4.88. The molecule has 0 saturated heterocycles. The number of aryl methyl sites for hydroxylation is 1. The maximum atomic E-state index is 5.70. The van der Waals surface area contributed by atoms with E-state index in [0.29, 0.717) is 5.92 Å². The Labute approximate surface area is 110 Å². The Kier molecular flexibility index (Phi) is 3.27. The topological polar surface area (TPSA) is 38.9 Å². The molecule has 0 radical (unpaired) electrons. The van der Waals surface area contributed by atoms with Gasteiger partial charge in [0.25, 0.3) is 0 Å². The van der Waals surface area contributed by atoms with Crippen molar-refractivity contribution in [2.24, 2.45) is 5.73 Å². The van der Waals surface area contributed by atoms with Gasteiger partial charge in [-0.1, -0.05) is 6.07 Å². The van der Waals surface area contributed by atoms with Crippen LogP contribution in [0.5, 0.6) is 0 Å². The summed E-state index contributed by atoms with van der Waals surface area (Å²) in [6.07, 6.45) is 4.85. The monoisotopic (exact) mass is 264 g/mol. The van der Waals surface area contributed by atoms with Crippen LogP contribution in [0.3, 0.4) is 0 Å². The molecule has 0 fully saturated rings. The molecular formula is C13H16N2S2. The molecule has 1 aliphatic carbocycles. The third-order valence-corrected chi connectivity index (χ3v) is 5.49. The van der Waals surface area contributed by atoms with Gasteiger partial charge in [0.2, 0.25) is 0 Å². The molecule has 2 nitrogen and oxygen atoms in total. The third-order valence-electron chi connectivity index (χ3n) is 3.32. The normalized spacial score (nSPS) is 19.2. The molecule has 0 spiro atoms. The van der Waals surface area contributed by atoms with Crippen LogP contribution in [0.15, 0.2) is 17.5 Å². The molecule has 2 N–H and O–H groups in total. The predicted octanol–water partition coefficient (Wildman–Crippen LogP) is 3.64. The van der Waals surface area contributed by atoms with Gasteiger partial charge in [0.1, 0.15) is 5.01 Å². The number of nitrogens with two attached hydrogens (primary N) is 1. The van der Waals surface area contributed by atoms with Gasteiger partial charge in [-0.2, -0.15) is 0 Å². The molecule has 0 aliphatic heterocycles. The number of fused-ring (bicyclic) bond motifs is 1. The van der Waals surface area contributed by atoms with Gasteiger partial charge >= 0.3 is 0 Å². The van der Waals surface area contributed by atoms with Gasteiger partial charge in [0.05, 0.1) is 10.6 Å². The van der Waals surface area contributed by atoms with Crippen LogP contribution in [0.4, 0.5) is 0 Å². The van der Waals surface area contributed by atoms with Crippen molar-refractivity contribution in [3.8, 4) is 9.88 Å². The van der Waals surface area contributed by atoms with Crippen LogP contribution in [0.1, 0.15) is 35.8 Å². The highest BCUT2D eigenvalue weighted by Crippen LogP contribution is 2.40. The highest BCUT2D eigenvalue weighted by atomic mass is 32.1. The van der Waals surface area contributed by atoms with Crippen LogP contribution in [-0.2, 0) is 6.42 Å². The molecule has 0 bridgehead atoms. The van der Waals surface area contributed by atoms with Gasteiger partial charge in [-0.05, 0) is 43.7 Å². The zero-order valence-corrected chi connectivity index (χ0v) is 11.3. The quantitative estimate of drug-likeness (QED) is 0.919. The Balaban J connectivity index is 1.96. The molecule has 2 aromatic heterocycles. The van der Waals surface area contributed by atoms with Crippen molar-refractivity contribution < 1.29 is 0 Å². The summed E-state index contributed by atoms with van der Waals surface area (Å²) in [4.78, 5) is 7.67. The van der Waals surface area contributed by atoms with E-state index in [1.165, 1.54) is 39.7 Å². The average molecular weight is 264 g/mol. The number of aromatic nitrogens is 1. The first kappa shape index (κ1) is 11.4. The molecular weight excluding hydrogens is 248 g/mol. The van der Waals surface area contributed by atoms with E-state index in [1.807, 2.05) is 11.3 Å². The SMILES string of the molecule is NCCC1CCCc2sc(-c3cccs3)nc21. The molecule has 1 atom stereocenters. The maximum absolute atomic E-state index is 5.70. The highest BCUT2D eigenvalue weighted by Gasteiger charge is 2.24. The van der Waals surface area contributed by atoms with E-state index in [-0.39, 0.29) is 0 Å². The Hall–Kier alpha value is -0.710. The first-order chi connectivity index (χ1) is 8.38. The van der Waals surface area contributed by atoms with Gasteiger partial charge in [-0.3, -0.25) is 0 Å². The summed E-state index contributed by atoms with van der Waals surface area (Å²) in [7, 11) is 0. The summed E-state index contributed by atoms with van der Waals surface area (Å²) in [5.41, 5.74) is 7.04. The number of thiophene rings is 1. The lowest BCUT2D eigenvalue weighted by atomic mass is 9.88. The minimum absolute atomic E-state index is 0.605. The van der Waals surface area contributed by atoms with Gasteiger partial charge in [-0.15, -0.1) is 22.7 Å². The lowest BCUT2D eigenvalue weighted by Crippen LogP contribution is -2.13. The number of rotatable bonds is 3. The number of hydrogen-bond donors (Lipinski definition) is 1. The first-order valence-electron chi connectivity index (χ1n) is 6.12. The third kappa shape index (κ3) is 2.17. The Morgan fingerprint density at radius 1 is 1.47 bits per heavy atom. The first-order valence-corrected chi connectivity index (χ1v) is 7.81. The molecule has 2 heterocycles. The second-order valence-corrected chi connectivity index (χ2v) is 6.50. The Morgan fingerprint density at radius 3 is 3.18 bits per heavy atom. The molecule has 0 aromatic carbocycles. The van der Waals surface area contributed by atoms with Gasteiger partial charge in [-0.25, -0.2) is 4.98 Å². The fourth-order valence-corrected chi connectivity index (χ4v) is 4.48. The van der Waals surface area contributed by atoms with Gasteiger partial charge in [0.15, 0.2) is 0 Å². The molecule has 1 unspecified atom stereocenters. The van der Waals surface area contributed by atoms with E-state index in [4.69, 9.17) is 10.7 Å². The zero-order chi connectivity index (χ0) is 11.7. The lowest BCUT2D eigenvalue weighted by molar-refractivity contribution is 0.520. The van der Waals surface area contributed by atoms with Crippen LogP contribution >= 0.6 is 22.7 Å². The zero-order valence-electron chi connectivity index (χ0n) is 9.69. The van der Waals surface area contributed by atoms with Crippen molar-refractivity contribution in [1.82, 2.24) is 4.98 Å². The molecule has 2 aromatic rings. The van der Waals surface area contributed by atoms with E-state index >= 15 is 0 Å². The van der Waals surface area contributed by atoms with Gasteiger partial charge in [0, 0.05) is 10.8 Å². The highest BCUT2D eigenvalue weighted by molar-refractivity contribution is 7.21. The summed E-state index contributed by atoms with van der Waals surface area (Å²) in [6.45, 7) is 0.774. The van der Waals surface area contributed by atoms with Crippen molar-refractivity contribution in [2.75, 3.05) is 6.54 Å². The molecule has 4 heteroatoms. The van der Waals surface area contributed by atoms with Crippen LogP contribution in [0, 0.1) is 0 Å². The van der Waals surface area contributed by atoms with Crippen LogP contribution in [0.2, 0.25) is 0 Å². The van der Waals surface area contributed by atoms with Crippen LogP contribution < -0.4 is 5.73 Å². The summed E-state index contributed by atoms with van der Waals surface area (Å²) in [6, 6.07) is 4.25. The summed E-state index contributed by atoms with van der Waals surface area (Å²) >= 11 is 3.66. The molecule has 90 valence electrons. The predicted molar refractivity (Wildman–Crippen MR) is 74.8 cm³/mol. The number of nitrogens with zero attached hydrogens (tertiary/aromatic N) is 1. The van der Waals surface area contributed by atoms with Crippen molar-refractivity contribution in [3.05, 3.63) is 28.1 Å². The van der Waals surface area contributed by atoms with Crippen molar-refractivity contribution in [1.29, 1.82) is 0 Å². The van der Waals surface area contributed by atoms with Crippen molar-refractivity contribution >= 4 is 22.7 Å². The maximum Gasteiger partial charge on any atom is 0.133 e. The molecule has 0 amide bonds. The Bertz CT molecular complexity index is 487. The Morgan fingerprint density at radius 2 is 2.41 bits per heavy atom. The minimum Gasteiger partial charge on any atom is -0.330 e. The average Bonchev–Trinajstić information content (AvgIpc) is 2.98. The second-order valence-electron chi connectivity index (χ2n) is 4.47. The summed E-state index contributed by atoms with van der Waals surface area (Å²) in [5, 5.41) is 3.32. The molecule has 0 saturated carbocycles. The molecule has 17 heavy (non-hydrogen) atoms. The van der Waals surface area contributed by atoms with Crippen molar-refractivity contribution in [3.63, 3.8) is 0 Å². The van der Waals surface area contributed by atoms with E-state index in [0.717, 1.165) is 13.0 Å². The fourth-order valence-electron chi connectivity index (χ4n) is 2.50. The van der Waals surface area contributed by atoms with Crippen molar-refractivity contribution in [2.45, 2.75) is 31.6 Å². The van der Waals surface area contributed by atoms with E-state index in [9.17, 15) is 0 Å². The fraction of sp³-hybridized carbons (Fsp3) is 0.462. The lowest BCUT2D eigenvalue weighted by Gasteiger charge is -2.19. The standard InChI is InChI=1S/C13H16N2S2/c14-7-6-9-3-1-4-10-12(9)15-13(17-10)11-5-2-8-16-11/h2,5,8-9H,1,3-4,6-7,14H2. The van der Waals surface area contributed by atoms with Crippen LogP contribution in [0.25, 0.3) is 9.88 Å². The largest absolute Gasteiger partial charge is 0.330 e. The van der Waals surface area contributed by atoms with Crippen LogP contribution in [-0.4, -0.2) is 11.5 Å². The number of hydrogen-bond acceptors (Lipinski definition) is 4. The molecule has 1 aliphatic rings. The number of thiazole rings is 1. The molecule has 3 rings (SSSR count). The summed E-state index contributed by atoms with van der Waals surface area (Å²) < 4.78 is 0. The summed E-state index contributed by atoms with van der Waals surface area (Å²) in [5.74, 6) is 0.605.